The third-order valence-corrected chi connectivity index (χ3v) is 5.05. The number of benzene rings is 4. The lowest BCUT2D eigenvalue weighted by Gasteiger charge is -2.19. The fourth-order valence-electron chi connectivity index (χ4n) is 3.30. The van der Waals surface area contributed by atoms with E-state index in [1.54, 1.807) is 25.5 Å². The minimum absolute atomic E-state index is 0.0463. The number of nitro benzene ring substituents is 1. The summed E-state index contributed by atoms with van der Waals surface area (Å²) >= 11 is 0. The van der Waals surface area contributed by atoms with Crippen molar-refractivity contribution in [3.8, 4) is 11.5 Å². The second kappa shape index (κ2) is 10.8. The molecule has 0 bridgehead atoms. The molecule has 0 amide bonds. The highest BCUT2D eigenvalue weighted by atomic mass is 16.6. The van der Waals surface area contributed by atoms with Gasteiger partial charge in [-0.1, -0.05) is 36.4 Å². The number of anilines is 2. The maximum Gasteiger partial charge on any atom is 0.269 e. The molecule has 0 unspecified atom stereocenters. The van der Waals surface area contributed by atoms with Crippen molar-refractivity contribution in [1.82, 2.24) is 0 Å². The molecule has 0 saturated carbocycles. The number of nitro groups is 1. The lowest BCUT2D eigenvalue weighted by Crippen LogP contribution is -2.09. The van der Waals surface area contributed by atoms with Gasteiger partial charge in [-0.15, -0.1) is 0 Å². The Hall–Kier alpha value is -4.65. The molecular weight excluding hydrogens is 430 g/mol. The quantitative estimate of drug-likeness (QED) is 0.168. The minimum Gasteiger partial charge on any atom is -0.493 e. The zero-order chi connectivity index (χ0) is 23.8. The van der Waals surface area contributed by atoms with Crippen molar-refractivity contribution >= 4 is 23.3 Å². The van der Waals surface area contributed by atoms with Crippen molar-refractivity contribution in [2.45, 2.75) is 6.61 Å². The molecule has 0 aliphatic heterocycles. The van der Waals surface area contributed by atoms with Crippen LogP contribution in [0.15, 0.2) is 108 Å². The molecule has 34 heavy (non-hydrogen) atoms. The van der Waals surface area contributed by atoms with Crippen LogP contribution in [0.1, 0.15) is 11.1 Å². The summed E-state index contributed by atoms with van der Waals surface area (Å²) in [4.78, 5) is 10.4. The summed E-state index contributed by atoms with van der Waals surface area (Å²) in [6.45, 7) is 0.261. The Bertz CT molecular complexity index is 1220. The van der Waals surface area contributed by atoms with E-state index in [1.165, 1.54) is 12.1 Å². The summed E-state index contributed by atoms with van der Waals surface area (Å²) in [5.74, 6) is 1.14. The van der Waals surface area contributed by atoms with Gasteiger partial charge in [-0.2, -0.15) is 5.10 Å². The van der Waals surface area contributed by atoms with Crippen LogP contribution in [-0.4, -0.2) is 18.2 Å². The molecule has 170 valence electrons. The summed E-state index contributed by atoms with van der Waals surface area (Å²) in [6, 6.07) is 31.7. The topological polar surface area (TPSA) is 77.2 Å². The highest BCUT2D eigenvalue weighted by Crippen LogP contribution is 2.29. The van der Waals surface area contributed by atoms with E-state index in [1.807, 2.05) is 83.9 Å². The molecular formula is C27H23N3O4. The molecule has 4 aromatic carbocycles. The van der Waals surface area contributed by atoms with Gasteiger partial charge in [-0.3, -0.25) is 10.1 Å². The van der Waals surface area contributed by atoms with Crippen LogP contribution in [0.25, 0.3) is 0 Å². The van der Waals surface area contributed by atoms with Crippen molar-refractivity contribution in [2.75, 3.05) is 12.1 Å². The smallest absolute Gasteiger partial charge is 0.269 e. The second-order valence-corrected chi connectivity index (χ2v) is 7.35. The first kappa shape index (κ1) is 22.5. The van der Waals surface area contributed by atoms with Crippen LogP contribution in [0.2, 0.25) is 0 Å². The van der Waals surface area contributed by atoms with Gasteiger partial charge in [0, 0.05) is 12.1 Å². The van der Waals surface area contributed by atoms with Crippen molar-refractivity contribution < 1.29 is 14.4 Å². The molecule has 0 radical (unpaired) electrons. The molecule has 0 aliphatic rings. The van der Waals surface area contributed by atoms with Gasteiger partial charge in [-0.05, 0) is 65.7 Å². The van der Waals surface area contributed by atoms with E-state index in [9.17, 15) is 10.1 Å². The standard InChI is InChI=1S/C27H23N3O4/c1-33-27-18-22(14-17-26(27)34-20-21-12-15-25(16-13-21)30(31)32)19-28-29(23-8-4-2-5-9-23)24-10-6-3-7-11-24/h2-19H,20H2,1H3/b28-19+. The number of methoxy groups -OCH3 is 1. The second-order valence-electron chi connectivity index (χ2n) is 7.35. The molecule has 7 nitrogen and oxygen atoms in total. The Labute approximate surface area is 197 Å². The first-order valence-corrected chi connectivity index (χ1v) is 10.6. The summed E-state index contributed by atoms with van der Waals surface area (Å²) in [5, 5.41) is 17.4. The van der Waals surface area contributed by atoms with E-state index in [2.05, 4.69) is 0 Å². The molecule has 0 atom stereocenters. The van der Waals surface area contributed by atoms with Crippen LogP contribution < -0.4 is 14.5 Å². The normalized spacial score (nSPS) is 10.7. The lowest BCUT2D eigenvalue weighted by molar-refractivity contribution is -0.384. The number of rotatable bonds is 9. The Kier molecular flexibility index (Phi) is 7.15. The van der Waals surface area contributed by atoms with Crippen molar-refractivity contribution in [3.63, 3.8) is 0 Å². The first-order chi connectivity index (χ1) is 16.6. The molecule has 0 fully saturated rings. The van der Waals surface area contributed by atoms with Crippen LogP contribution in [0.5, 0.6) is 11.5 Å². The van der Waals surface area contributed by atoms with Crippen molar-refractivity contribution in [3.05, 3.63) is 124 Å². The van der Waals surface area contributed by atoms with E-state index in [-0.39, 0.29) is 12.3 Å². The van der Waals surface area contributed by atoms with E-state index >= 15 is 0 Å². The zero-order valence-corrected chi connectivity index (χ0v) is 18.6. The molecule has 0 N–H and O–H groups in total. The fourth-order valence-corrected chi connectivity index (χ4v) is 3.30. The number of hydrogen-bond donors (Lipinski definition) is 0. The fraction of sp³-hybridized carbons (Fsp3) is 0.0741. The number of hydrogen-bond acceptors (Lipinski definition) is 6. The molecule has 0 aliphatic carbocycles. The van der Waals surface area contributed by atoms with Gasteiger partial charge in [-0.25, -0.2) is 5.01 Å². The zero-order valence-electron chi connectivity index (χ0n) is 18.6. The van der Waals surface area contributed by atoms with E-state index in [0.29, 0.717) is 11.5 Å². The Morgan fingerprint density at radius 1 is 0.853 bits per heavy atom. The van der Waals surface area contributed by atoms with Gasteiger partial charge >= 0.3 is 0 Å². The molecule has 0 spiro atoms. The monoisotopic (exact) mass is 453 g/mol. The van der Waals surface area contributed by atoms with Crippen LogP contribution >= 0.6 is 0 Å². The molecule has 7 heteroatoms. The molecule has 0 heterocycles. The number of para-hydroxylation sites is 2. The average molecular weight is 453 g/mol. The van der Waals surface area contributed by atoms with E-state index in [4.69, 9.17) is 14.6 Å². The molecule has 0 aromatic heterocycles. The predicted molar refractivity (Wildman–Crippen MR) is 133 cm³/mol. The molecule has 4 aromatic rings. The number of non-ortho nitro benzene ring substituents is 1. The van der Waals surface area contributed by atoms with E-state index in [0.717, 1.165) is 22.5 Å². The van der Waals surface area contributed by atoms with Gasteiger partial charge in [0.2, 0.25) is 0 Å². The van der Waals surface area contributed by atoms with Crippen LogP contribution in [0.3, 0.4) is 0 Å². The van der Waals surface area contributed by atoms with Crippen molar-refractivity contribution in [1.29, 1.82) is 0 Å². The van der Waals surface area contributed by atoms with Gasteiger partial charge in [0.25, 0.3) is 5.69 Å². The highest BCUT2D eigenvalue weighted by Gasteiger charge is 2.09. The van der Waals surface area contributed by atoms with Gasteiger partial charge in [0.15, 0.2) is 11.5 Å². The minimum atomic E-state index is -0.426. The van der Waals surface area contributed by atoms with Gasteiger partial charge < -0.3 is 9.47 Å². The number of nitrogens with zero attached hydrogens (tertiary/aromatic N) is 3. The van der Waals surface area contributed by atoms with Crippen molar-refractivity contribution in [2.24, 2.45) is 5.10 Å². The molecule has 0 saturated heterocycles. The van der Waals surface area contributed by atoms with Crippen LogP contribution in [0.4, 0.5) is 17.1 Å². The Balaban J connectivity index is 1.51. The summed E-state index contributed by atoms with van der Waals surface area (Å²) in [7, 11) is 1.58. The predicted octanol–water partition coefficient (Wildman–Crippen LogP) is 6.35. The van der Waals surface area contributed by atoms with Gasteiger partial charge in [0.1, 0.15) is 6.61 Å². The lowest BCUT2D eigenvalue weighted by atomic mass is 10.2. The first-order valence-electron chi connectivity index (χ1n) is 10.6. The maximum atomic E-state index is 10.8. The Morgan fingerprint density at radius 3 is 2.03 bits per heavy atom. The maximum absolute atomic E-state index is 10.8. The average Bonchev–Trinajstić information content (AvgIpc) is 2.89. The van der Waals surface area contributed by atoms with E-state index < -0.39 is 4.92 Å². The third-order valence-electron chi connectivity index (χ3n) is 5.05. The SMILES string of the molecule is COc1cc(/C=N/N(c2ccccc2)c2ccccc2)ccc1OCc1ccc([N+](=O)[O-])cc1. The molecule has 4 rings (SSSR count). The Morgan fingerprint density at radius 2 is 1.47 bits per heavy atom. The summed E-state index contributed by atoms with van der Waals surface area (Å²) < 4.78 is 11.4. The third kappa shape index (κ3) is 5.58. The highest BCUT2D eigenvalue weighted by molar-refractivity contribution is 5.83. The summed E-state index contributed by atoms with van der Waals surface area (Å²) in [5.41, 5.74) is 3.60. The largest absolute Gasteiger partial charge is 0.493 e. The van der Waals surface area contributed by atoms with Gasteiger partial charge in [0.05, 0.1) is 29.6 Å². The van der Waals surface area contributed by atoms with Crippen LogP contribution in [-0.2, 0) is 6.61 Å². The van der Waals surface area contributed by atoms with Crippen LogP contribution in [0, 0.1) is 10.1 Å². The number of hydrazone groups is 1. The number of ether oxygens (including phenoxy) is 2. The summed E-state index contributed by atoms with van der Waals surface area (Å²) in [6.07, 6.45) is 1.77.